The van der Waals surface area contributed by atoms with Crippen molar-refractivity contribution in [2.24, 2.45) is 4.99 Å². The van der Waals surface area contributed by atoms with Gasteiger partial charge >= 0.3 is 0 Å². The summed E-state index contributed by atoms with van der Waals surface area (Å²) < 4.78 is 15.7. The molecule has 1 N–H and O–H groups in total. The smallest absolute Gasteiger partial charge is 0.258 e. The second-order valence-electron chi connectivity index (χ2n) is 9.23. The second kappa shape index (κ2) is 10.0. The summed E-state index contributed by atoms with van der Waals surface area (Å²) in [7, 11) is 0. The number of halogens is 2. The number of hydrogen-bond donors (Lipinski definition) is 1. The van der Waals surface area contributed by atoms with Gasteiger partial charge in [-0.1, -0.05) is 29.3 Å². The first-order valence-corrected chi connectivity index (χ1v) is 13.2. The molecule has 184 valence electrons. The topological polar surface area (TPSA) is 46.4 Å². The Kier molecular flexibility index (Phi) is 6.82. The number of thiophene rings is 1. The van der Waals surface area contributed by atoms with E-state index < -0.39 is 5.82 Å². The molecule has 7 heteroatoms. The molecule has 0 bridgehead atoms. The van der Waals surface area contributed by atoms with Crippen LogP contribution in [0.2, 0.25) is 5.02 Å². The molecule has 0 saturated carbocycles. The Balaban J connectivity index is 1.54. The number of rotatable bonds is 5. The third-order valence-electron chi connectivity index (χ3n) is 6.62. The normalized spacial score (nSPS) is 13.2. The van der Waals surface area contributed by atoms with Crippen LogP contribution >= 0.6 is 22.9 Å². The van der Waals surface area contributed by atoms with Gasteiger partial charge in [0.2, 0.25) is 0 Å². The summed E-state index contributed by atoms with van der Waals surface area (Å²) in [6, 6.07) is 14.4. The highest BCUT2D eigenvalue weighted by Crippen LogP contribution is 2.39. The first kappa shape index (κ1) is 24.5. The zero-order valence-electron chi connectivity index (χ0n) is 20.5. The van der Waals surface area contributed by atoms with E-state index >= 15 is 0 Å². The number of aliphatic imine (C=N–C) groups is 1. The summed E-state index contributed by atoms with van der Waals surface area (Å²) in [4.78, 5) is 19.4. The van der Waals surface area contributed by atoms with Crippen LogP contribution < -0.4 is 5.32 Å². The Hall–Kier alpha value is -3.22. The van der Waals surface area contributed by atoms with Gasteiger partial charge in [0, 0.05) is 33.7 Å². The van der Waals surface area contributed by atoms with Crippen LogP contribution in [0.3, 0.4) is 0 Å². The maximum Gasteiger partial charge on any atom is 0.258 e. The molecule has 0 unspecified atom stereocenters. The molecule has 2 heterocycles. The average Bonchev–Trinajstić information content (AvgIpc) is 3.37. The van der Waals surface area contributed by atoms with Gasteiger partial charge in [0.1, 0.15) is 10.8 Å². The first-order chi connectivity index (χ1) is 17.3. The van der Waals surface area contributed by atoms with Gasteiger partial charge in [0.25, 0.3) is 5.91 Å². The van der Waals surface area contributed by atoms with Crippen molar-refractivity contribution < 1.29 is 9.18 Å². The molecular formula is C29H27ClFN3OS. The van der Waals surface area contributed by atoms with Gasteiger partial charge in [-0.3, -0.25) is 9.79 Å². The van der Waals surface area contributed by atoms with Gasteiger partial charge < -0.3 is 9.88 Å². The number of aromatic nitrogens is 1. The Morgan fingerprint density at radius 1 is 1.08 bits per heavy atom. The maximum absolute atomic E-state index is 13.6. The molecule has 0 radical (unpaired) electrons. The molecule has 4 nitrogen and oxygen atoms in total. The van der Waals surface area contributed by atoms with E-state index in [9.17, 15) is 9.18 Å². The van der Waals surface area contributed by atoms with Crippen molar-refractivity contribution in [2.45, 2.75) is 46.5 Å². The van der Waals surface area contributed by atoms with E-state index in [2.05, 4.69) is 20.9 Å². The molecule has 1 aliphatic carbocycles. The van der Waals surface area contributed by atoms with Crippen molar-refractivity contribution in [3.63, 3.8) is 0 Å². The summed E-state index contributed by atoms with van der Waals surface area (Å²) in [5.74, 6) is -0.538. The van der Waals surface area contributed by atoms with E-state index in [-0.39, 0.29) is 10.9 Å². The van der Waals surface area contributed by atoms with E-state index in [0.29, 0.717) is 5.69 Å². The lowest BCUT2D eigenvalue weighted by Gasteiger charge is -2.14. The molecule has 2 aromatic heterocycles. The van der Waals surface area contributed by atoms with Gasteiger partial charge in [-0.05, 0) is 88.4 Å². The Labute approximate surface area is 219 Å². The highest BCUT2D eigenvalue weighted by molar-refractivity contribution is 7.15. The average molecular weight is 520 g/mol. The molecule has 1 amide bonds. The zero-order chi connectivity index (χ0) is 25.4. The summed E-state index contributed by atoms with van der Waals surface area (Å²) in [6.07, 6.45) is 5.93. The van der Waals surface area contributed by atoms with Crippen molar-refractivity contribution >= 4 is 46.4 Å². The van der Waals surface area contributed by atoms with Crippen LogP contribution in [-0.4, -0.2) is 16.7 Å². The fraction of sp³-hybridized carbons (Fsp3) is 0.241. The van der Waals surface area contributed by atoms with Crippen molar-refractivity contribution in [3.8, 4) is 5.00 Å². The molecule has 36 heavy (non-hydrogen) atoms. The lowest BCUT2D eigenvalue weighted by atomic mass is 9.95. The molecule has 5 rings (SSSR count). The van der Waals surface area contributed by atoms with Crippen molar-refractivity contribution in [3.05, 3.63) is 97.9 Å². The Bertz CT molecular complexity index is 1480. The minimum atomic E-state index is -0.466. The number of benzene rings is 2. The molecule has 4 aromatic rings. The molecule has 2 aromatic carbocycles. The second-order valence-corrected chi connectivity index (χ2v) is 10.7. The quantitative estimate of drug-likeness (QED) is 0.266. The summed E-state index contributed by atoms with van der Waals surface area (Å²) in [5.41, 5.74) is 7.42. The van der Waals surface area contributed by atoms with Crippen LogP contribution in [0.15, 0.2) is 53.5 Å². The van der Waals surface area contributed by atoms with Gasteiger partial charge in [-0.15, -0.1) is 11.3 Å². The predicted molar refractivity (Wildman–Crippen MR) is 148 cm³/mol. The van der Waals surface area contributed by atoms with Crippen molar-refractivity contribution in [2.75, 3.05) is 5.32 Å². The third-order valence-corrected chi connectivity index (χ3v) is 8.19. The zero-order valence-corrected chi connectivity index (χ0v) is 22.1. The molecule has 0 fully saturated rings. The van der Waals surface area contributed by atoms with E-state index in [0.717, 1.165) is 64.4 Å². The van der Waals surface area contributed by atoms with Crippen LogP contribution in [0.1, 0.15) is 56.2 Å². The largest absolute Gasteiger partial charge is 0.322 e. The summed E-state index contributed by atoms with van der Waals surface area (Å²) >= 11 is 7.62. The van der Waals surface area contributed by atoms with Crippen LogP contribution in [-0.2, 0) is 12.8 Å². The number of amides is 1. The fourth-order valence-electron chi connectivity index (χ4n) is 4.71. The summed E-state index contributed by atoms with van der Waals surface area (Å²) in [5, 5.41) is 4.11. The van der Waals surface area contributed by atoms with E-state index in [1.54, 1.807) is 23.6 Å². The van der Waals surface area contributed by atoms with E-state index in [4.69, 9.17) is 11.6 Å². The standard InChI is InChI=1S/C29H27ClFN3OS/c1-17-8-10-21(11-9-17)33-28(35)27-23-6-4-5-7-26(23)36-29(27)34-18(2)14-20(19(34)3)16-32-22-12-13-25(31)24(30)15-22/h8-16H,4-7H2,1-3H3,(H,33,35). The van der Waals surface area contributed by atoms with Gasteiger partial charge in [0.15, 0.2) is 0 Å². The Morgan fingerprint density at radius 2 is 1.83 bits per heavy atom. The fourth-order valence-corrected chi connectivity index (χ4v) is 6.39. The number of fused-ring (bicyclic) bond motifs is 1. The molecule has 0 saturated heterocycles. The van der Waals surface area contributed by atoms with Crippen LogP contribution in [0.25, 0.3) is 5.00 Å². The van der Waals surface area contributed by atoms with Crippen LogP contribution in [0.4, 0.5) is 15.8 Å². The minimum absolute atomic E-state index is 0.0449. The van der Waals surface area contributed by atoms with E-state index in [1.165, 1.54) is 22.6 Å². The number of nitrogens with one attached hydrogen (secondary N) is 1. The molecule has 0 atom stereocenters. The number of nitrogens with zero attached hydrogens (tertiary/aromatic N) is 2. The molecule has 0 spiro atoms. The number of hydrogen-bond acceptors (Lipinski definition) is 3. The highest BCUT2D eigenvalue weighted by Gasteiger charge is 2.28. The molecule has 0 aliphatic heterocycles. The van der Waals surface area contributed by atoms with Gasteiger partial charge in [0.05, 0.1) is 16.3 Å². The number of carbonyl (C=O) groups is 1. The summed E-state index contributed by atoms with van der Waals surface area (Å²) in [6.45, 7) is 6.11. The van der Waals surface area contributed by atoms with Crippen molar-refractivity contribution in [1.29, 1.82) is 0 Å². The molecule has 1 aliphatic rings. The minimum Gasteiger partial charge on any atom is -0.322 e. The molecular weight excluding hydrogens is 493 g/mol. The first-order valence-electron chi connectivity index (χ1n) is 12.0. The number of aryl methyl sites for hydroxylation is 3. The van der Waals surface area contributed by atoms with Crippen LogP contribution in [0.5, 0.6) is 0 Å². The lowest BCUT2D eigenvalue weighted by Crippen LogP contribution is -2.17. The highest BCUT2D eigenvalue weighted by atomic mass is 35.5. The number of anilines is 1. The lowest BCUT2D eigenvalue weighted by molar-refractivity contribution is 0.102. The third kappa shape index (κ3) is 4.75. The van der Waals surface area contributed by atoms with Crippen LogP contribution in [0, 0.1) is 26.6 Å². The van der Waals surface area contributed by atoms with Gasteiger partial charge in [-0.25, -0.2) is 4.39 Å². The SMILES string of the molecule is Cc1ccc(NC(=O)c2c(-n3c(C)cc(C=Nc4ccc(F)c(Cl)c4)c3C)sc3c2CCCC3)cc1. The Morgan fingerprint density at radius 3 is 2.58 bits per heavy atom. The maximum atomic E-state index is 13.6. The predicted octanol–water partition coefficient (Wildman–Crippen LogP) is 8.14. The van der Waals surface area contributed by atoms with Crippen molar-refractivity contribution in [1.82, 2.24) is 4.57 Å². The number of carbonyl (C=O) groups excluding carboxylic acids is 1. The van der Waals surface area contributed by atoms with E-state index in [1.807, 2.05) is 45.0 Å². The monoisotopic (exact) mass is 519 g/mol. The van der Waals surface area contributed by atoms with Gasteiger partial charge in [-0.2, -0.15) is 0 Å².